The number of nitrogens with zero attached hydrogens (tertiary/aromatic N) is 5. The second-order valence-electron chi connectivity index (χ2n) is 8.12. The zero-order valence-corrected chi connectivity index (χ0v) is 19.7. The standard InChI is InChI=1S/C21H23BN6O3S2/c22-16-13-25-28-18(24-12-14-2-1-7-23-11-14)10-17(26-21(16)28)15-5-8-27(9-6-15)33(30,31)20-4-3-19(29)32-20/h1-4,7,10-11,13,15,24,29H,5-6,8-9,12,22H2. The number of thiophene rings is 1. The van der Waals surface area contributed by atoms with Crippen LogP contribution in [0.4, 0.5) is 5.82 Å². The number of rotatable bonds is 6. The minimum absolute atomic E-state index is 0.00320. The maximum atomic E-state index is 12.9. The maximum Gasteiger partial charge on any atom is 0.252 e. The van der Waals surface area contributed by atoms with E-state index in [0.29, 0.717) is 32.5 Å². The first-order valence-electron chi connectivity index (χ1n) is 10.7. The van der Waals surface area contributed by atoms with E-state index in [-0.39, 0.29) is 15.2 Å². The van der Waals surface area contributed by atoms with Gasteiger partial charge in [-0.3, -0.25) is 4.98 Å². The molecule has 0 aromatic carbocycles. The lowest BCUT2D eigenvalue weighted by Gasteiger charge is -2.30. The van der Waals surface area contributed by atoms with Crippen molar-refractivity contribution in [2.24, 2.45) is 0 Å². The zero-order valence-electron chi connectivity index (χ0n) is 18.0. The zero-order chi connectivity index (χ0) is 23.0. The highest BCUT2D eigenvalue weighted by molar-refractivity contribution is 7.91. The molecule has 4 aromatic rings. The van der Waals surface area contributed by atoms with Crippen LogP contribution in [0.2, 0.25) is 0 Å². The Balaban J connectivity index is 1.36. The van der Waals surface area contributed by atoms with Crippen molar-refractivity contribution in [3.05, 3.63) is 60.2 Å². The molecule has 1 saturated heterocycles. The number of pyridine rings is 1. The normalized spacial score (nSPS) is 15.8. The van der Waals surface area contributed by atoms with E-state index in [1.165, 1.54) is 16.4 Å². The Labute approximate surface area is 196 Å². The molecule has 0 aliphatic carbocycles. The van der Waals surface area contributed by atoms with E-state index in [0.717, 1.165) is 39.5 Å². The lowest BCUT2D eigenvalue weighted by atomic mass is 9.94. The fraction of sp³-hybridized carbons (Fsp3) is 0.286. The third-order valence-corrected chi connectivity index (χ3v) is 9.15. The molecule has 0 spiro atoms. The van der Waals surface area contributed by atoms with Gasteiger partial charge in [-0.2, -0.15) is 13.9 Å². The van der Waals surface area contributed by atoms with Crippen LogP contribution in [0.3, 0.4) is 0 Å². The van der Waals surface area contributed by atoms with Gasteiger partial charge in [0.15, 0.2) is 10.7 Å². The summed E-state index contributed by atoms with van der Waals surface area (Å²) < 4.78 is 29.2. The first kappa shape index (κ1) is 21.9. The van der Waals surface area contributed by atoms with Crippen molar-refractivity contribution in [2.75, 3.05) is 18.4 Å². The van der Waals surface area contributed by atoms with Crippen LogP contribution in [0.25, 0.3) is 5.65 Å². The predicted molar refractivity (Wildman–Crippen MR) is 129 cm³/mol. The van der Waals surface area contributed by atoms with Gasteiger partial charge in [-0.15, -0.1) is 0 Å². The van der Waals surface area contributed by atoms with Gasteiger partial charge in [-0.05, 0) is 42.1 Å². The minimum Gasteiger partial charge on any atom is -0.499 e. The number of sulfonamides is 1. The summed E-state index contributed by atoms with van der Waals surface area (Å²) in [7, 11) is -1.61. The number of fused-ring (bicyclic) bond motifs is 1. The molecule has 12 heteroatoms. The monoisotopic (exact) mass is 482 g/mol. The molecule has 5 heterocycles. The summed E-state index contributed by atoms with van der Waals surface area (Å²) in [6, 6.07) is 8.80. The number of hydrogen-bond donors (Lipinski definition) is 2. The Morgan fingerprint density at radius 3 is 2.73 bits per heavy atom. The molecule has 0 radical (unpaired) electrons. The van der Waals surface area contributed by atoms with Crippen LogP contribution in [0.15, 0.2) is 53.1 Å². The molecular weight excluding hydrogens is 459 g/mol. The Hall–Kier alpha value is -2.96. The van der Waals surface area contributed by atoms with Crippen molar-refractivity contribution in [3.8, 4) is 5.06 Å². The van der Waals surface area contributed by atoms with Gasteiger partial charge in [0, 0.05) is 55.9 Å². The molecule has 5 rings (SSSR count). The van der Waals surface area contributed by atoms with Crippen molar-refractivity contribution >= 4 is 46.1 Å². The van der Waals surface area contributed by atoms with Gasteiger partial charge in [0.25, 0.3) is 10.0 Å². The summed E-state index contributed by atoms with van der Waals surface area (Å²) in [5.74, 6) is 0.988. The summed E-state index contributed by atoms with van der Waals surface area (Å²) >= 11 is 0.886. The first-order valence-corrected chi connectivity index (χ1v) is 12.9. The van der Waals surface area contributed by atoms with Crippen molar-refractivity contribution in [1.82, 2.24) is 23.9 Å². The molecular formula is C21H23BN6O3S2. The molecule has 4 aromatic heterocycles. The molecule has 0 amide bonds. The summed E-state index contributed by atoms with van der Waals surface area (Å²) in [5.41, 5.74) is 3.78. The molecule has 1 aliphatic heterocycles. The van der Waals surface area contributed by atoms with Gasteiger partial charge in [0.2, 0.25) is 0 Å². The summed E-state index contributed by atoms with van der Waals surface area (Å²) in [5, 5.41) is 17.5. The fourth-order valence-corrected chi connectivity index (χ4v) is 6.75. The average molecular weight is 482 g/mol. The van der Waals surface area contributed by atoms with Crippen molar-refractivity contribution < 1.29 is 13.5 Å². The van der Waals surface area contributed by atoms with Crippen LogP contribution in [0.1, 0.15) is 30.0 Å². The molecule has 1 aliphatic rings. The lowest BCUT2D eigenvalue weighted by Crippen LogP contribution is -2.37. The quantitative estimate of drug-likeness (QED) is 0.399. The van der Waals surface area contributed by atoms with Crippen molar-refractivity contribution in [1.29, 1.82) is 0 Å². The van der Waals surface area contributed by atoms with E-state index >= 15 is 0 Å². The van der Waals surface area contributed by atoms with Gasteiger partial charge >= 0.3 is 0 Å². The Kier molecular flexibility index (Phi) is 5.81. The van der Waals surface area contributed by atoms with Crippen LogP contribution in [-0.4, -0.2) is 58.3 Å². The molecule has 0 saturated carbocycles. The highest BCUT2D eigenvalue weighted by Crippen LogP contribution is 2.34. The van der Waals surface area contributed by atoms with Crippen molar-refractivity contribution in [3.63, 3.8) is 0 Å². The molecule has 0 unspecified atom stereocenters. The number of nitrogens with one attached hydrogen (secondary N) is 1. The van der Waals surface area contributed by atoms with Crippen LogP contribution in [-0.2, 0) is 16.6 Å². The minimum atomic E-state index is -3.59. The van der Waals surface area contributed by atoms with E-state index in [1.54, 1.807) is 16.9 Å². The topological polar surface area (TPSA) is 113 Å². The largest absolute Gasteiger partial charge is 0.499 e. The van der Waals surface area contributed by atoms with Gasteiger partial charge in [-0.25, -0.2) is 13.4 Å². The molecule has 170 valence electrons. The molecule has 0 atom stereocenters. The molecule has 33 heavy (non-hydrogen) atoms. The predicted octanol–water partition coefficient (Wildman–Crippen LogP) is 1.33. The van der Waals surface area contributed by atoms with E-state index in [1.807, 2.05) is 32.2 Å². The molecule has 0 bridgehead atoms. The third kappa shape index (κ3) is 4.33. The summed E-state index contributed by atoms with van der Waals surface area (Å²) in [4.78, 5) is 9.03. The summed E-state index contributed by atoms with van der Waals surface area (Å²) in [6.07, 6.45) is 6.72. The Bertz CT molecular complexity index is 1380. The maximum absolute atomic E-state index is 12.9. The van der Waals surface area contributed by atoms with Gasteiger partial charge < -0.3 is 10.4 Å². The smallest absolute Gasteiger partial charge is 0.252 e. The first-order chi connectivity index (χ1) is 15.9. The van der Waals surface area contributed by atoms with Gasteiger partial charge in [-0.1, -0.05) is 17.4 Å². The third-order valence-electron chi connectivity index (χ3n) is 5.90. The molecule has 2 N–H and O–H groups in total. The second-order valence-corrected chi connectivity index (χ2v) is 11.3. The van der Waals surface area contributed by atoms with E-state index in [9.17, 15) is 13.5 Å². The highest BCUT2D eigenvalue weighted by atomic mass is 32.2. The van der Waals surface area contributed by atoms with E-state index in [2.05, 4.69) is 15.4 Å². The highest BCUT2D eigenvalue weighted by Gasteiger charge is 2.32. The average Bonchev–Trinajstić information content (AvgIpc) is 3.44. The fourth-order valence-electron chi connectivity index (χ4n) is 4.09. The lowest BCUT2D eigenvalue weighted by molar-refractivity contribution is 0.317. The number of aromatic nitrogens is 4. The van der Waals surface area contributed by atoms with Crippen LogP contribution < -0.4 is 10.8 Å². The molecule has 1 fully saturated rings. The van der Waals surface area contributed by atoms with Crippen LogP contribution >= 0.6 is 11.3 Å². The van der Waals surface area contributed by atoms with Crippen LogP contribution in [0.5, 0.6) is 5.06 Å². The number of hydrogen-bond acceptors (Lipinski definition) is 8. The number of aromatic hydroxyl groups is 1. The second kappa shape index (κ2) is 8.77. The Morgan fingerprint density at radius 1 is 1.21 bits per heavy atom. The Morgan fingerprint density at radius 2 is 2.03 bits per heavy atom. The van der Waals surface area contributed by atoms with Gasteiger partial charge in [0.05, 0.1) is 0 Å². The van der Waals surface area contributed by atoms with Crippen molar-refractivity contribution in [2.45, 2.75) is 29.5 Å². The number of anilines is 1. The van der Waals surface area contributed by atoms with E-state index in [4.69, 9.17) is 4.98 Å². The van der Waals surface area contributed by atoms with E-state index < -0.39 is 10.0 Å². The molecule has 9 nitrogen and oxygen atoms in total. The number of piperidine rings is 1. The summed E-state index contributed by atoms with van der Waals surface area (Å²) in [6.45, 7) is 1.43. The van der Waals surface area contributed by atoms with Gasteiger partial charge in [0.1, 0.15) is 17.9 Å². The van der Waals surface area contributed by atoms with Crippen LogP contribution in [0, 0.1) is 0 Å². The SMILES string of the molecule is Bc1cnn2c(NCc3cccnc3)cc(C3CCN(S(=O)(=O)c4ccc(O)s4)CC3)nc12.